The van der Waals surface area contributed by atoms with Crippen LogP contribution < -0.4 is 10.6 Å². The number of amides is 1. The van der Waals surface area contributed by atoms with E-state index in [4.69, 9.17) is 18.0 Å². The number of carbonyl (C=O) groups excluding carboxylic acids is 1. The number of halogens is 1. The van der Waals surface area contributed by atoms with Crippen molar-refractivity contribution in [1.29, 1.82) is 0 Å². The van der Waals surface area contributed by atoms with Crippen LogP contribution >= 0.6 is 12.2 Å². The van der Waals surface area contributed by atoms with E-state index in [1.165, 1.54) is 11.0 Å². The third kappa shape index (κ3) is 2.67. The number of hydrogen-bond donors (Lipinski definition) is 1. The van der Waals surface area contributed by atoms with Crippen LogP contribution in [0.25, 0.3) is 0 Å². The van der Waals surface area contributed by atoms with Gasteiger partial charge in [0.05, 0.1) is 16.1 Å². The number of nitrogens with zero attached hydrogens (tertiary/aromatic N) is 1. The Labute approximate surface area is 112 Å². The number of nitrogens with two attached hydrogens (primary N) is 1. The molecule has 0 fully saturated rings. The van der Waals surface area contributed by atoms with Gasteiger partial charge in [-0.15, -0.1) is 0 Å². The van der Waals surface area contributed by atoms with Crippen LogP contribution in [0.3, 0.4) is 0 Å². The van der Waals surface area contributed by atoms with Gasteiger partial charge in [0.2, 0.25) is 5.91 Å². The molecule has 0 saturated heterocycles. The summed E-state index contributed by atoms with van der Waals surface area (Å²) in [6.45, 7) is 5.41. The molecule has 2 N–H and O–H groups in total. The molecule has 1 aromatic rings. The van der Waals surface area contributed by atoms with Gasteiger partial charge >= 0.3 is 0 Å². The molecule has 5 heteroatoms. The topological polar surface area (TPSA) is 46.3 Å². The van der Waals surface area contributed by atoms with Crippen LogP contribution in [0.4, 0.5) is 10.1 Å². The first-order chi connectivity index (χ1) is 8.32. The van der Waals surface area contributed by atoms with Crippen molar-refractivity contribution in [2.75, 3.05) is 11.4 Å². The van der Waals surface area contributed by atoms with Crippen molar-refractivity contribution >= 4 is 28.8 Å². The average Bonchev–Trinajstić information content (AvgIpc) is 2.32. The molecule has 0 aliphatic rings. The molecule has 1 aromatic carbocycles. The molecule has 1 amide bonds. The second-order valence-corrected chi connectivity index (χ2v) is 4.93. The first kappa shape index (κ1) is 14.6. The van der Waals surface area contributed by atoms with Gasteiger partial charge in [0.1, 0.15) is 5.82 Å². The minimum Gasteiger partial charge on any atom is -0.392 e. The highest BCUT2D eigenvalue weighted by atomic mass is 32.1. The van der Waals surface area contributed by atoms with E-state index in [0.717, 1.165) is 0 Å². The number of benzene rings is 1. The third-order valence-electron chi connectivity index (χ3n) is 2.86. The summed E-state index contributed by atoms with van der Waals surface area (Å²) < 4.78 is 13.7. The van der Waals surface area contributed by atoms with Crippen molar-refractivity contribution in [3.05, 3.63) is 30.1 Å². The van der Waals surface area contributed by atoms with Crippen LogP contribution in [0.5, 0.6) is 0 Å². The number of rotatable bonds is 4. The maximum Gasteiger partial charge on any atom is 0.239 e. The molecule has 0 atom stereocenters. The van der Waals surface area contributed by atoms with Crippen molar-refractivity contribution in [3.8, 4) is 0 Å². The molecule has 1 rings (SSSR count). The summed E-state index contributed by atoms with van der Waals surface area (Å²) in [6.07, 6.45) is 0. The zero-order chi connectivity index (χ0) is 13.9. The van der Waals surface area contributed by atoms with Gasteiger partial charge < -0.3 is 10.6 Å². The lowest BCUT2D eigenvalue weighted by Gasteiger charge is -2.30. The third-order valence-corrected chi connectivity index (χ3v) is 3.37. The Kier molecular flexibility index (Phi) is 4.40. The summed E-state index contributed by atoms with van der Waals surface area (Å²) >= 11 is 4.89. The molecule has 3 nitrogen and oxygen atoms in total. The molecule has 0 heterocycles. The summed E-state index contributed by atoms with van der Waals surface area (Å²) in [5.74, 6) is -0.742. The molecule has 0 aliphatic heterocycles. The lowest BCUT2D eigenvalue weighted by atomic mass is 9.91. The van der Waals surface area contributed by atoms with Gasteiger partial charge in [-0.3, -0.25) is 4.79 Å². The lowest BCUT2D eigenvalue weighted by molar-refractivity contribution is -0.123. The summed E-state index contributed by atoms with van der Waals surface area (Å²) in [6, 6.07) is 6.14. The maximum absolute atomic E-state index is 13.7. The Morgan fingerprint density at radius 1 is 1.44 bits per heavy atom. The largest absolute Gasteiger partial charge is 0.392 e. The fraction of sp³-hybridized carbons (Fsp3) is 0.385. The predicted octanol–water partition coefficient (Wildman–Crippen LogP) is 2.49. The van der Waals surface area contributed by atoms with E-state index in [1.807, 2.05) is 0 Å². The monoisotopic (exact) mass is 268 g/mol. The average molecular weight is 268 g/mol. The van der Waals surface area contributed by atoms with Gasteiger partial charge in [-0.25, -0.2) is 4.39 Å². The number of carbonyl (C=O) groups is 1. The normalized spacial score (nSPS) is 11.1. The molecule has 0 bridgehead atoms. The van der Waals surface area contributed by atoms with Gasteiger partial charge in [-0.05, 0) is 32.9 Å². The van der Waals surface area contributed by atoms with Crippen molar-refractivity contribution in [1.82, 2.24) is 0 Å². The van der Waals surface area contributed by atoms with E-state index >= 15 is 0 Å². The fourth-order valence-corrected chi connectivity index (χ4v) is 1.62. The Bertz CT molecular complexity index is 474. The SMILES string of the molecule is CCN(C(=O)C(C)(C)C(N)=S)c1ccccc1F. The molecule has 0 aromatic heterocycles. The number of hydrogen-bond acceptors (Lipinski definition) is 2. The van der Waals surface area contributed by atoms with Crippen LogP contribution in [0, 0.1) is 11.2 Å². The summed E-state index contributed by atoms with van der Waals surface area (Å²) in [4.78, 5) is 13.8. The predicted molar refractivity (Wildman–Crippen MR) is 75.0 cm³/mol. The van der Waals surface area contributed by atoms with E-state index in [1.54, 1.807) is 39.0 Å². The molecule has 18 heavy (non-hydrogen) atoms. The van der Waals surface area contributed by atoms with Gasteiger partial charge in [0.25, 0.3) is 0 Å². The minimum absolute atomic E-state index is 0.0993. The Morgan fingerprint density at radius 2 is 2.00 bits per heavy atom. The lowest BCUT2D eigenvalue weighted by Crippen LogP contribution is -2.47. The first-order valence-electron chi connectivity index (χ1n) is 5.68. The van der Waals surface area contributed by atoms with E-state index in [0.29, 0.717) is 6.54 Å². The van der Waals surface area contributed by atoms with E-state index in [2.05, 4.69) is 0 Å². The van der Waals surface area contributed by atoms with Gasteiger partial charge in [0, 0.05) is 6.54 Å². The zero-order valence-corrected chi connectivity index (χ0v) is 11.6. The number of anilines is 1. The smallest absolute Gasteiger partial charge is 0.239 e. The van der Waals surface area contributed by atoms with Crippen molar-refractivity contribution in [2.45, 2.75) is 20.8 Å². The van der Waals surface area contributed by atoms with Crippen LogP contribution in [0.2, 0.25) is 0 Å². The van der Waals surface area contributed by atoms with Crippen LogP contribution in [0.15, 0.2) is 24.3 Å². The fourth-order valence-electron chi connectivity index (χ4n) is 1.54. The highest BCUT2D eigenvalue weighted by Crippen LogP contribution is 2.26. The highest BCUT2D eigenvalue weighted by molar-refractivity contribution is 7.80. The molecule has 0 aliphatic carbocycles. The zero-order valence-electron chi connectivity index (χ0n) is 10.7. The molecule has 0 spiro atoms. The number of thiocarbonyl (C=S) groups is 1. The summed E-state index contributed by atoms with van der Waals surface area (Å²) in [5.41, 5.74) is 4.82. The molecule has 0 radical (unpaired) electrons. The first-order valence-corrected chi connectivity index (χ1v) is 6.09. The highest BCUT2D eigenvalue weighted by Gasteiger charge is 2.35. The molecule has 0 saturated carbocycles. The Morgan fingerprint density at radius 3 is 2.44 bits per heavy atom. The van der Waals surface area contributed by atoms with Crippen LogP contribution in [-0.2, 0) is 4.79 Å². The minimum atomic E-state index is -0.992. The molecular weight excluding hydrogens is 251 g/mol. The second kappa shape index (κ2) is 5.44. The van der Waals surface area contributed by atoms with Crippen LogP contribution in [-0.4, -0.2) is 17.4 Å². The van der Waals surface area contributed by atoms with Gasteiger partial charge in [0.15, 0.2) is 0 Å². The van der Waals surface area contributed by atoms with Crippen molar-refractivity contribution in [2.24, 2.45) is 11.1 Å². The van der Waals surface area contributed by atoms with Gasteiger partial charge in [-0.1, -0.05) is 24.4 Å². The summed E-state index contributed by atoms with van der Waals surface area (Å²) in [7, 11) is 0. The van der Waals surface area contributed by atoms with Gasteiger partial charge in [-0.2, -0.15) is 0 Å². The quantitative estimate of drug-likeness (QED) is 0.853. The molecule has 98 valence electrons. The summed E-state index contributed by atoms with van der Waals surface area (Å²) in [5, 5.41) is 0. The Hall–Kier alpha value is -1.49. The molecular formula is C13H17FN2OS. The molecule has 0 unspecified atom stereocenters. The second-order valence-electron chi connectivity index (χ2n) is 4.49. The van der Waals surface area contributed by atoms with Crippen LogP contribution in [0.1, 0.15) is 20.8 Å². The van der Waals surface area contributed by atoms with Crippen molar-refractivity contribution < 1.29 is 9.18 Å². The number of para-hydroxylation sites is 1. The van der Waals surface area contributed by atoms with E-state index in [9.17, 15) is 9.18 Å². The maximum atomic E-state index is 13.7. The Balaban J connectivity index is 3.17. The van der Waals surface area contributed by atoms with E-state index < -0.39 is 11.2 Å². The van der Waals surface area contributed by atoms with E-state index in [-0.39, 0.29) is 16.6 Å². The van der Waals surface area contributed by atoms with Crippen molar-refractivity contribution in [3.63, 3.8) is 0 Å². The standard InChI is InChI=1S/C13H17FN2OS/c1-4-16(10-8-6-5-7-9(10)14)12(17)13(2,3)11(15)18/h5-8H,4H2,1-3H3,(H2,15,18).